The molecule has 1 fully saturated rings. The average Bonchev–Trinajstić information content (AvgIpc) is 2.99. The van der Waals surface area contributed by atoms with Gasteiger partial charge in [-0.15, -0.1) is 23.7 Å². The Bertz CT molecular complexity index is 703. The molecule has 0 aliphatic carbocycles. The van der Waals surface area contributed by atoms with E-state index in [0.29, 0.717) is 12.5 Å². The van der Waals surface area contributed by atoms with Crippen molar-refractivity contribution >= 4 is 39.7 Å². The smallest absolute Gasteiger partial charge is 0.264 e. The van der Waals surface area contributed by atoms with Crippen LogP contribution in [-0.4, -0.2) is 29.9 Å². The summed E-state index contributed by atoms with van der Waals surface area (Å²) in [5.74, 6) is 0.175. The molecule has 6 heteroatoms. The molecule has 0 spiro atoms. The van der Waals surface area contributed by atoms with E-state index in [1.165, 1.54) is 23.5 Å². The molecule has 120 valence electrons. The highest BCUT2D eigenvalue weighted by Gasteiger charge is 2.33. The second-order valence-electron chi connectivity index (χ2n) is 5.84. The van der Waals surface area contributed by atoms with Gasteiger partial charge in [-0.1, -0.05) is 0 Å². The minimum absolute atomic E-state index is 0. The molecule has 2 N–H and O–H groups in total. The number of fused-ring (bicyclic) bond motifs is 1. The van der Waals surface area contributed by atoms with Gasteiger partial charge >= 0.3 is 0 Å². The van der Waals surface area contributed by atoms with Gasteiger partial charge in [-0.3, -0.25) is 4.79 Å². The molecule has 0 radical (unpaired) electrons. The molecule has 2 unspecified atom stereocenters. The van der Waals surface area contributed by atoms with Crippen molar-refractivity contribution in [3.8, 4) is 0 Å². The zero-order valence-corrected chi connectivity index (χ0v) is 14.3. The number of halogens is 2. The Balaban J connectivity index is 0.00000176. The molecular formula is C16H20ClFN2OS. The van der Waals surface area contributed by atoms with Crippen LogP contribution in [0.3, 0.4) is 0 Å². The first kappa shape index (κ1) is 17.2. The lowest BCUT2D eigenvalue weighted by Gasteiger charge is -2.21. The molecule has 2 heterocycles. The van der Waals surface area contributed by atoms with Gasteiger partial charge in [0.25, 0.3) is 5.91 Å². The molecule has 0 saturated carbocycles. The van der Waals surface area contributed by atoms with Crippen LogP contribution >= 0.6 is 23.7 Å². The maximum atomic E-state index is 13.4. The molecule has 3 nitrogen and oxygen atoms in total. The number of nitrogens with zero attached hydrogens (tertiary/aromatic N) is 1. The summed E-state index contributed by atoms with van der Waals surface area (Å²) < 4.78 is 14.3. The van der Waals surface area contributed by atoms with Crippen LogP contribution in [0, 0.1) is 18.7 Å². The van der Waals surface area contributed by atoms with Gasteiger partial charge in [0.2, 0.25) is 0 Å². The Labute approximate surface area is 139 Å². The van der Waals surface area contributed by atoms with E-state index < -0.39 is 0 Å². The molecule has 2 aromatic rings. The largest absolute Gasteiger partial charge is 0.335 e. The second kappa shape index (κ2) is 6.52. The highest BCUT2D eigenvalue weighted by molar-refractivity contribution is 7.21. The van der Waals surface area contributed by atoms with Crippen LogP contribution in [0.5, 0.6) is 0 Å². The standard InChI is InChI=1S/C16H19FN2OS.ClH/c1-9-5-11(7-18)8-19(9)16(20)15-10(2)13-6-12(17)3-4-14(13)21-15;/h3-4,6,9,11H,5,7-8,18H2,1-2H3;1H. The Kier molecular flexibility index (Phi) is 5.10. The van der Waals surface area contributed by atoms with Crippen LogP contribution < -0.4 is 5.73 Å². The fraction of sp³-hybridized carbons (Fsp3) is 0.438. The Morgan fingerprint density at radius 2 is 2.23 bits per heavy atom. The lowest BCUT2D eigenvalue weighted by atomic mass is 10.1. The molecule has 0 bridgehead atoms. The number of rotatable bonds is 2. The van der Waals surface area contributed by atoms with Crippen molar-refractivity contribution in [2.45, 2.75) is 26.3 Å². The minimum Gasteiger partial charge on any atom is -0.335 e. The summed E-state index contributed by atoms with van der Waals surface area (Å²) in [6.45, 7) is 5.30. The molecule has 1 aliphatic heterocycles. The highest BCUT2D eigenvalue weighted by atomic mass is 35.5. The summed E-state index contributed by atoms with van der Waals surface area (Å²) in [5, 5.41) is 0.838. The number of thiophene rings is 1. The van der Waals surface area contributed by atoms with Crippen LogP contribution in [0.4, 0.5) is 4.39 Å². The van der Waals surface area contributed by atoms with E-state index in [2.05, 4.69) is 6.92 Å². The fourth-order valence-corrected chi connectivity index (χ4v) is 4.27. The number of amides is 1. The fourth-order valence-electron chi connectivity index (χ4n) is 3.12. The quantitative estimate of drug-likeness (QED) is 0.906. The zero-order chi connectivity index (χ0) is 15.1. The van der Waals surface area contributed by atoms with E-state index in [1.807, 2.05) is 11.8 Å². The van der Waals surface area contributed by atoms with Crippen molar-refractivity contribution in [2.24, 2.45) is 11.7 Å². The molecule has 22 heavy (non-hydrogen) atoms. The van der Waals surface area contributed by atoms with E-state index in [1.54, 1.807) is 6.07 Å². The van der Waals surface area contributed by atoms with Crippen molar-refractivity contribution in [1.29, 1.82) is 0 Å². The van der Waals surface area contributed by atoms with Gasteiger partial charge in [0, 0.05) is 17.3 Å². The summed E-state index contributed by atoms with van der Waals surface area (Å²) in [6, 6.07) is 4.91. The summed E-state index contributed by atoms with van der Waals surface area (Å²) >= 11 is 1.45. The first-order valence-electron chi connectivity index (χ1n) is 7.21. The summed E-state index contributed by atoms with van der Waals surface area (Å²) in [6.07, 6.45) is 0.959. The SMILES string of the molecule is Cc1c(C(=O)N2CC(CN)CC2C)sc2ccc(F)cc12.Cl. The lowest BCUT2D eigenvalue weighted by molar-refractivity contribution is 0.0748. The van der Waals surface area contributed by atoms with Gasteiger partial charge in [0.1, 0.15) is 5.82 Å². The molecule has 1 saturated heterocycles. The first-order valence-corrected chi connectivity index (χ1v) is 8.02. The number of benzene rings is 1. The molecule has 1 aromatic carbocycles. The number of hydrogen-bond donors (Lipinski definition) is 1. The van der Waals surface area contributed by atoms with Crippen molar-refractivity contribution in [3.63, 3.8) is 0 Å². The van der Waals surface area contributed by atoms with E-state index >= 15 is 0 Å². The van der Waals surface area contributed by atoms with Crippen molar-refractivity contribution < 1.29 is 9.18 Å². The summed E-state index contributed by atoms with van der Waals surface area (Å²) in [5.41, 5.74) is 6.61. The molecule has 3 rings (SSSR count). The zero-order valence-electron chi connectivity index (χ0n) is 12.6. The maximum Gasteiger partial charge on any atom is 0.264 e. The van der Waals surface area contributed by atoms with E-state index in [-0.39, 0.29) is 30.2 Å². The summed E-state index contributed by atoms with van der Waals surface area (Å²) in [4.78, 5) is 15.4. The monoisotopic (exact) mass is 342 g/mol. The number of nitrogens with two attached hydrogens (primary N) is 1. The van der Waals surface area contributed by atoms with Gasteiger partial charge in [-0.2, -0.15) is 0 Å². The number of likely N-dealkylation sites (tertiary alicyclic amines) is 1. The third-order valence-corrected chi connectivity index (χ3v) is 5.61. The molecule has 1 amide bonds. The van der Waals surface area contributed by atoms with Crippen LogP contribution in [0.15, 0.2) is 18.2 Å². The molecule has 2 atom stereocenters. The third-order valence-electron chi connectivity index (χ3n) is 4.35. The average molecular weight is 343 g/mol. The molecule has 1 aromatic heterocycles. The van der Waals surface area contributed by atoms with E-state index in [4.69, 9.17) is 5.73 Å². The second-order valence-corrected chi connectivity index (χ2v) is 6.89. The predicted molar refractivity (Wildman–Crippen MR) is 91.4 cm³/mol. The third kappa shape index (κ3) is 2.85. The van der Waals surface area contributed by atoms with Crippen molar-refractivity contribution in [1.82, 2.24) is 4.90 Å². The van der Waals surface area contributed by atoms with Gasteiger partial charge < -0.3 is 10.6 Å². The van der Waals surface area contributed by atoms with E-state index in [9.17, 15) is 9.18 Å². The van der Waals surface area contributed by atoms with Gasteiger partial charge in [0.05, 0.1) is 4.88 Å². The van der Waals surface area contributed by atoms with Crippen LogP contribution in [0.2, 0.25) is 0 Å². The van der Waals surface area contributed by atoms with Gasteiger partial charge in [-0.25, -0.2) is 4.39 Å². The molecule has 1 aliphatic rings. The maximum absolute atomic E-state index is 13.4. The Morgan fingerprint density at radius 3 is 2.86 bits per heavy atom. The van der Waals surface area contributed by atoms with Crippen molar-refractivity contribution in [3.05, 3.63) is 34.5 Å². The van der Waals surface area contributed by atoms with Crippen molar-refractivity contribution in [2.75, 3.05) is 13.1 Å². The number of carbonyl (C=O) groups is 1. The number of aryl methyl sites for hydroxylation is 1. The van der Waals surface area contributed by atoms with Gasteiger partial charge in [0.15, 0.2) is 0 Å². The Hall–Kier alpha value is -1.17. The minimum atomic E-state index is -0.264. The number of hydrogen-bond acceptors (Lipinski definition) is 3. The Morgan fingerprint density at radius 1 is 1.50 bits per heavy atom. The van der Waals surface area contributed by atoms with Crippen LogP contribution in [0.1, 0.15) is 28.6 Å². The number of carbonyl (C=O) groups excluding carboxylic acids is 1. The predicted octanol–water partition coefficient (Wildman–Crippen LogP) is 3.58. The first-order chi connectivity index (χ1) is 10.0. The summed E-state index contributed by atoms with van der Waals surface area (Å²) in [7, 11) is 0. The lowest BCUT2D eigenvalue weighted by Crippen LogP contribution is -2.34. The van der Waals surface area contributed by atoms with Gasteiger partial charge in [-0.05, 0) is 61.9 Å². The molecular weight excluding hydrogens is 323 g/mol. The highest BCUT2D eigenvalue weighted by Crippen LogP contribution is 2.34. The topological polar surface area (TPSA) is 46.3 Å². The van der Waals surface area contributed by atoms with Crippen LogP contribution in [-0.2, 0) is 0 Å². The normalized spacial score (nSPS) is 21.2. The van der Waals surface area contributed by atoms with Crippen LogP contribution in [0.25, 0.3) is 10.1 Å². The van der Waals surface area contributed by atoms with E-state index in [0.717, 1.165) is 33.5 Å².